The van der Waals surface area contributed by atoms with E-state index in [-0.39, 0.29) is 17.9 Å². The van der Waals surface area contributed by atoms with Crippen LogP contribution in [-0.4, -0.2) is 38.8 Å². The van der Waals surface area contributed by atoms with E-state index in [9.17, 15) is 4.79 Å². The molecule has 1 amide bonds. The maximum absolute atomic E-state index is 12.0. The van der Waals surface area contributed by atoms with Gasteiger partial charge >= 0.3 is 0 Å². The molecule has 2 aliphatic rings. The van der Waals surface area contributed by atoms with Gasteiger partial charge in [-0.1, -0.05) is 13.3 Å². The standard InChI is InChI=1S/C13H24N2O2/c1-9-3-4-10(5-9)6-15-13(16)11-7-17-8-12(11)14-2/h9-12,14H,3-8H2,1-2H3,(H,15,16). The van der Waals surface area contributed by atoms with Crippen molar-refractivity contribution in [2.75, 3.05) is 26.8 Å². The summed E-state index contributed by atoms with van der Waals surface area (Å²) in [6, 6.07) is 0.178. The molecule has 2 rings (SSSR count). The van der Waals surface area contributed by atoms with Crippen LogP contribution >= 0.6 is 0 Å². The second-order valence-corrected chi connectivity index (χ2v) is 5.57. The molecule has 4 nitrogen and oxygen atoms in total. The monoisotopic (exact) mass is 240 g/mol. The zero-order chi connectivity index (χ0) is 12.3. The van der Waals surface area contributed by atoms with Gasteiger partial charge in [-0.25, -0.2) is 0 Å². The minimum Gasteiger partial charge on any atom is -0.379 e. The van der Waals surface area contributed by atoms with E-state index < -0.39 is 0 Å². The maximum atomic E-state index is 12.0. The number of carbonyl (C=O) groups is 1. The van der Waals surface area contributed by atoms with Gasteiger partial charge in [0.1, 0.15) is 0 Å². The average Bonchev–Trinajstić information content (AvgIpc) is 2.94. The summed E-state index contributed by atoms with van der Waals surface area (Å²) in [5.41, 5.74) is 0. The van der Waals surface area contributed by atoms with Crippen molar-refractivity contribution >= 4 is 5.91 Å². The Morgan fingerprint density at radius 2 is 2.18 bits per heavy atom. The minimum atomic E-state index is -0.0150. The fourth-order valence-corrected chi connectivity index (χ4v) is 2.98. The zero-order valence-electron chi connectivity index (χ0n) is 10.9. The van der Waals surface area contributed by atoms with Crippen LogP contribution in [0.15, 0.2) is 0 Å². The molecule has 17 heavy (non-hydrogen) atoms. The van der Waals surface area contributed by atoms with Gasteiger partial charge in [0.05, 0.1) is 19.1 Å². The molecule has 0 radical (unpaired) electrons. The van der Waals surface area contributed by atoms with Crippen molar-refractivity contribution in [1.29, 1.82) is 0 Å². The molecule has 1 aliphatic carbocycles. The van der Waals surface area contributed by atoms with Crippen LogP contribution in [0, 0.1) is 17.8 Å². The highest BCUT2D eigenvalue weighted by atomic mass is 16.5. The lowest BCUT2D eigenvalue weighted by Gasteiger charge is -2.18. The van der Waals surface area contributed by atoms with Gasteiger partial charge in [-0.3, -0.25) is 4.79 Å². The number of carbonyl (C=O) groups excluding carboxylic acids is 1. The third-order valence-corrected chi connectivity index (χ3v) is 4.16. The summed E-state index contributed by atoms with van der Waals surface area (Å²) in [6.45, 7) is 4.34. The third kappa shape index (κ3) is 3.19. The van der Waals surface area contributed by atoms with E-state index in [2.05, 4.69) is 17.6 Å². The lowest BCUT2D eigenvalue weighted by atomic mass is 10.0. The number of likely N-dealkylation sites (N-methyl/N-ethyl adjacent to an activating group) is 1. The van der Waals surface area contributed by atoms with Gasteiger partial charge in [0.15, 0.2) is 0 Å². The zero-order valence-corrected chi connectivity index (χ0v) is 10.9. The van der Waals surface area contributed by atoms with Gasteiger partial charge in [0.25, 0.3) is 0 Å². The second-order valence-electron chi connectivity index (χ2n) is 5.57. The van der Waals surface area contributed by atoms with Gasteiger partial charge in [-0.15, -0.1) is 0 Å². The van der Waals surface area contributed by atoms with Gasteiger partial charge in [-0.2, -0.15) is 0 Å². The van der Waals surface area contributed by atoms with Gasteiger partial charge in [0, 0.05) is 12.6 Å². The van der Waals surface area contributed by atoms with Gasteiger partial charge in [0.2, 0.25) is 5.91 Å². The Hall–Kier alpha value is -0.610. The molecule has 0 aromatic carbocycles. The molecule has 1 heterocycles. The first-order chi connectivity index (χ1) is 8.20. The molecule has 1 saturated carbocycles. The first kappa shape index (κ1) is 12.8. The predicted molar refractivity (Wildman–Crippen MR) is 66.7 cm³/mol. The molecule has 1 aliphatic heterocycles. The summed E-state index contributed by atoms with van der Waals surface area (Å²) in [4.78, 5) is 12.0. The lowest BCUT2D eigenvalue weighted by Crippen LogP contribution is -2.43. The summed E-state index contributed by atoms with van der Waals surface area (Å²) in [7, 11) is 1.89. The third-order valence-electron chi connectivity index (χ3n) is 4.16. The van der Waals surface area contributed by atoms with Gasteiger partial charge < -0.3 is 15.4 Å². The van der Waals surface area contributed by atoms with E-state index in [1.807, 2.05) is 7.05 Å². The van der Waals surface area contributed by atoms with E-state index in [1.54, 1.807) is 0 Å². The molecular weight excluding hydrogens is 216 g/mol. The molecule has 2 fully saturated rings. The first-order valence-corrected chi connectivity index (χ1v) is 6.73. The summed E-state index contributed by atoms with van der Waals surface area (Å²) in [6.07, 6.45) is 3.83. The van der Waals surface area contributed by atoms with Crippen LogP contribution in [-0.2, 0) is 9.53 Å². The van der Waals surface area contributed by atoms with Crippen LogP contribution in [0.1, 0.15) is 26.2 Å². The van der Waals surface area contributed by atoms with Crippen molar-refractivity contribution < 1.29 is 9.53 Å². The molecule has 4 heteroatoms. The van der Waals surface area contributed by atoms with Crippen LogP contribution in [0.2, 0.25) is 0 Å². The summed E-state index contributed by atoms with van der Waals surface area (Å²) in [5.74, 6) is 1.65. The van der Waals surface area contributed by atoms with E-state index in [0.29, 0.717) is 19.1 Å². The Morgan fingerprint density at radius 1 is 1.35 bits per heavy atom. The van der Waals surface area contributed by atoms with Crippen LogP contribution in [0.3, 0.4) is 0 Å². The largest absolute Gasteiger partial charge is 0.379 e. The summed E-state index contributed by atoms with van der Waals surface area (Å²) < 4.78 is 5.35. The molecule has 4 atom stereocenters. The average molecular weight is 240 g/mol. The van der Waals surface area contributed by atoms with Crippen molar-refractivity contribution in [3.8, 4) is 0 Å². The molecule has 1 saturated heterocycles. The smallest absolute Gasteiger partial charge is 0.227 e. The Labute approximate surface area is 103 Å². The molecular formula is C13H24N2O2. The fourth-order valence-electron chi connectivity index (χ4n) is 2.98. The minimum absolute atomic E-state index is 0.0150. The van der Waals surface area contributed by atoms with E-state index >= 15 is 0 Å². The Bertz CT molecular complexity index is 270. The number of ether oxygens (including phenoxy) is 1. The summed E-state index contributed by atoms with van der Waals surface area (Å²) in [5, 5.41) is 6.24. The highest BCUT2D eigenvalue weighted by Crippen LogP contribution is 2.29. The van der Waals surface area contributed by atoms with E-state index in [1.165, 1.54) is 19.3 Å². The van der Waals surface area contributed by atoms with Crippen molar-refractivity contribution in [3.63, 3.8) is 0 Å². The van der Waals surface area contributed by atoms with Gasteiger partial charge in [-0.05, 0) is 31.7 Å². The predicted octanol–water partition coefficient (Wildman–Crippen LogP) is 0.773. The van der Waals surface area contributed by atoms with E-state index in [0.717, 1.165) is 12.5 Å². The molecule has 4 unspecified atom stereocenters. The number of hydrogen-bond acceptors (Lipinski definition) is 3. The van der Waals surface area contributed by atoms with Crippen molar-refractivity contribution in [1.82, 2.24) is 10.6 Å². The lowest BCUT2D eigenvalue weighted by molar-refractivity contribution is -0.125. The quantitative estimate of drug-likeness (QED) is 0.763. The number of rotatable bonds is 4. The molecule has 0 spiro atoms. The van der Waals surface area contributed by atoms with Crippen molar-refractivity contribution in [3.05, 3.63) is 0 Å². The SMILES string of the molecule is CNC1COCC1C(=O)NCC1CCC(C)C1. The second kappa shape index (κ2) is 5.83. The normalized spacial score (nSPS) is 37.3. The number of nitrogens with one attached hydrogen (secondary N) is 2. The van der Waals surface area contributed by atoms with Crippen LogP contribution in [0.5, 0.6) is 0 Å². The maximum Gasteiger partial charge on any atom is 0.227 e. The molecule has 2 N–H and O–H groups in total. The molecule has 0 aromatic heterocycles. The fraction of sp³-hybridized carbons (Fsp3) is 0.923. The Morgan fingerprint density at radius 3 is 2.82 bits per heavy atom. The topological polar surface area (TPSA) is 50.4 Å². The van der Waals surface area contributed by atoms with Crippen LogP contribution in [0.4, 0.5) is 0 Å². The van der Waals surface area contributed by atoms with Crippen LogP contribution < -0.4 is 10.6 Å². The Kier molecular flexibility index (Phi) is 4.40. The number of hydrogen-bond donors (Lipinski definition) is 2. The highest BCUT2D eigenvalue weighted by molar-refractivity contribution is 5.79. The van der Waals surface area contributed by atoms with E-state index in [4.69, 9.17) is 4.74 Å². The number of amides is 1. The first-order valence-electron chi connectivity index (χ1n) is 6.73. The summed E-state index contributed by atoms with van der Waals surface area (Å²) >= 11 is 0. The van der Waals surface area contributed by atoms with Crippen LogP contribution in [0.25, 0.3) is 0 Å². The molecule has 0 aromatic rings. The molecule has 0 bridgehead atoms. The molecule has 98 valence electrons. The highest BCUT2D eigenvalue weighted by Gasteiger charge is 2.33. The van der Waals surface area contributed by atoms with Crippen molar-refractivity contribution in [2.24, 2.45) is 17.8 Å². The Balaban J connectivity index is 1.73. The van der Waals surface area contributed by atoms with Crippen molar-refractivity contribution in [2.45, 2.75) is 32.2 Å².